The summed E-state index contributed by atoms with van der Waals surface area (Å²) < 4.78 is 0. The van der Waals surface area contributed by atoms with Gasteiger partial charge >= 0.3 is 0 Å². The van der Waals surface area contributed by atoms with E-state index < -0.39 is 0 Å². The van der Waals surface area contributed by atoms with Crippen molar-refractivity contribution < 1.29 is 4.79 Å². The van der Waals surface area contributed by atoms with Gasteiger partial charge in [0.1, 0.15) is 0 Å². The van der Waals surface area contributed by atoms with Gasteiger partial charge in [-0.25, -0.2) is 0 Å². The fourth-order valence-corrected chi connectivity index (χ4v) is 4.71. The van der Waals surface area contributed by atoms with Gasteiger partial charge in [-0.3, -0.25) is 4.79 Å². The summed E-state index contributed by atoms with van der Waals surface area (Å²) in [5, 5.41) is 1.22. The lowest BCUT2D eigenvalue weighted by atomic mass is 9.91. The summed E-state index contributed by atoms with van der Waals surface area (Å²) in [6, 6.07) is 16.9. The summed E-state index contributed by atoms with van der Waals surface area (Å²) >= 11 is 0. The third kappa shape index (κ3) is 2.22. The SMILES string of the molecule is O=C1c2ccccc2C(c2c[nH]c3ccccc23)N1C1CCCCC1. The number of nitrogens with one attached hydrogen (secondary N) is 1. The van der Waals surface area contributed by atoms with E-state index in [-0.39, 0.29) is 11.9 Å². The zero-order valence-corrected chi connectivity index (χ0v) is 14.2. The molecule has 2 aromatic carbocycles. The number of nitrogens with zero attached hydrogens (tertiary/aromatic N) is 1. The third-order valence-electron chi connectivity index (χ3n) is 5.88. The van der Waals surface area contributed by atoms with Crippen LogP contribution in [0.3, 0.4) is 0 Å². The second-order valence-electron chi connectivity index (χ2n) is 7.28. The van der Waals surface area contributed by atoms with Crippen molar-refractivity contribution in [1.29, 1.82) is 0 Å². The fourth-order valence-electron chi connectivity index (χ4n) is 4.71. The van der Waals surface area contributed by atoms with Crippen LogP contribution in [0.15, 0.2) is 54.7 Å². The first-order valence-electron chi connectivity index (χ1n) is 9.32. The largest absolute Gasteiger partial charge is 0.361 e. The van der Waals surface area contributed by atoms with Gasteiger partial charge in [-0.2, -0.15) is 0 Å². The minimum Gasteiger partial charge on any atom is -0.361 e. The first kappa shape index (κ1) is 14.8. The normalized spacial score (nSPS) is 21.0. The number of amides is 1. The Balaban J connectivity index is 1.69. The van der Waals surface area contributed by atoms with E-state index in [1.54, 1.807) is 0 Å². The molecule has 0 radical (unpaired) electrons. The van der Waals surface area contributed by atoms with E-state index in [0.717, 1.165) is 29.5 Å². The molecule has 1 aliphatic carbocycles. The van der Waals surface area contributed by atoms with Crippen molar-refractivity contribution in [3.63, 3.8) is 0 Å². The highest BCUT2D eigenvalue weighted by Crippen LogP contribution is 2.44. The first-order chi connectivity index (χ1) is 12.3. The number of hydrogen-bond donors (Lipinski definition) is 1. The van der Waals surface area contributed by atoms with E-state index in [4.69, 9.17) is 0 Å². The van der Waals surface area contributed by atoms with Gasteiger partial charge in [-0.05, 0) is 30.5 Å². The van der Waals surface area contributed by atoms with E-state index in [1.807, 2.05) is 12.1 Å². The number of hydrogen-bond acceptors (Lipinski definition) is 1. The minimum absolute atomic E-state index is 0.0305. The number of aromatic amines is 1. The average molecular weight is 330 g/mol. The second-order valence-corrected chi connectivity index (χ2v) is 7.28. The molecule has 0 saturated heterocycles. The van der Waals surface area contributed by atoms with Crippen LogP contribution < -0.4 is 0 Å². The van der Waals surface area contributed by atoms with Gasteiger partial charge in [-0.15, -0.1) is 0 Å². The molecule has 1 aliphatic heterocycles. The second kappa shape index (κ2) is 5.76. The number of carbonyl (C=O) groups is 1. The summed E-state index contributed by atoms with van der Waals surface area (Å²) in [5.41, 5.74) is 4.39. The van der Waals surface area contributed by atoms with Crippen LogP contribution in [0.2, 0.25) is 0 Å². The zero-order chi connectivity index (χ0) is 16.8. The molecule has 2 heterocycles. The van der Waals surface area contributed by atoms with Gasteiger partial charge in [0.2, 0.25) is 0 Å². The van der Waals surface area contributed by atoms with Crippen molar-refractivity contribution in [1.82, 2.24) is 9.88 Å². The van der Waals surface area contributed by atoms with Crippen LogP contribution in [0.25, 0.3) is 10.9 Å². The molecule has 3 nitrogen and oxygen atoms in total. The molecule has 0 spiro atoms. The van der Waals surface area contributed by atoms with Gasteiger partial charge in [0, 0.05) is 34.3 Å². The predicted molar refractivity (Wildman–Crippen MR) is 99.6 cm³/mol. The Morgan fingerprint density at radius 3 is 2.52 bits per heavy atom. The number of rotatable bonds is 2. The van der Waals surface area contributed by atoms with Crippen LogP contribution in [0, 0.1) is 0 Å². The van der Waals surface area contributed by atoms with Crippen LogP contribution >= 0.6 is 0 Å². The Bertz CT molecular complexity index is 936. The number of fused-ring (bicyclic) bond motifs is 2. The highest BCUT2D eigenvalue weighted by Gasteiger charge is 2.42. The molecular formula is C22H22N2O. The van der Waals surface area contributed by atoms with Gasteiger partial charge in [0.05, 0.1) is 6.04 Å². The van der Waals surface area contributed by atoms with Gasteiger partial charge in [-0.1, -0.05) is 55.7 Å². The van der Waals surface area contributed by atoms with Gasteiger partial charge < -0.3 is 9.88 Å². The highest BCUT2D eigenvalue weighted by atomic mass is 16.2. The van der Waals surface area contributed by atoms with E-state index >= 15 is 0 Å². The topological polar surface area (TPSA) is 36.1 Å². The molecule has 3 heteroatoms. The van der Waals surface area contributed by atoms with E-state index in [2.05, 4.69) is 52.5 Å². The third-order valence-corrected chi connectivity index (χ3v) is 5.88. The Kier molecular flexibility index (Phi) is 3.40. The Labute approximate surface area is 147 Å². The molecular weight excluding hydrogens is 308 g/mol. The molecule has 0 bridgehead atoms. The molecule has 1 saturated carbocycles. The molecule has 2 aliphatic rings. The average Bonchev–Trinajstić information content (AvgIpc) is 3.22. The maximum Gasteiger partial charge on any atom is 0.255 e. The molecule has 3 aromatic rings. The Hall–Kier alpha value is -2.55. The first-order valence-corrected chi connectivity index (χ1v) is 9.32. The van der Waals surface area contributed by atoms with Crippen LogP contribution in [-0.2, 0) is 0 Å². The number of para-hydroxylation sites is 1. The lowest BCUT2D eigenvalue weighted by molar-refractivity contribution is 0.0613. The number of aromatic nitrogens is 1. The Morgan fingerprint density at radius 2 is 1.64 bits per heavy atom. The van der Waals surface area contributed by atoms with Crippen molar-refractivity contribution in [2.24, 2.45) is 0 Å². The molecule has 1 unspecified atom stereocenters. The maximum atomic E-state index is 13.3. The molecule has 1 amide bonds. The van der Waals surface area contributed by atoms with E-state index in [0.29, 0.717) is 6.04 Å². The van der Waals surface area contributed by atoms with Gasteiger partial charge in [0.15, 0.2) is 0 Å². The van der Waals surface area contributed by atoms with Crippen molar-refractivity contribution in [3.8, 4) is 0 Å². The molecule has 1 aromatic heterocycles. The molecule has 25 heavy (non-hydrogen) atoms. The molecule has 1 atom stereocenters. The smallest absolute Gasteiger partial charge is 0.255 e. The number of benzene rings is 2. The quantitative estimate of drug-likeness (QED) is 0.701. The van der Waals surface area contributed by atoms with Crippen LogP contribution in [0.4, 0.5) is 0 Å². The van der Waals surface area contributed by atoms with Crippen LogP contribution in [-0.4, -0.2) is 21.8 Å². The highest BCUT2D eigenvalue weighted by molar-refractivity contribution is 6.01. The zero-order valence-electron chi connectivity index (χ0n) is 14.2. The predicted octanol–water partition coefficient (Wildman–Crippen LogP) is 5.05. The summed E-state index contributed by atoms with van der Waals surface area (Å²) in [7, 11) is 0. The van der Waals surface area contributed by atoms with Crippen LogP contribution in [0.1, 0.15) is 59.6 Å². The van der Waals surface area contributed by atoms with Crippen molar-refractivity contribution in [2.45, 2.75) is 44.2 Å². The summed E-state index contributed by atoms with van der Waals surface area (Å²) in [6.07, 6.45) is 8.09. The standard InChI is InChI=1S/C22H22N2O/c25-22-18-12-5-4-11-17(18)21(24(22)15-8-2-1-3-9-15)19-14-23-20-13-7-6-10-16(19)20/h4-7,10-15,21,23H,1-3,8-9H2. The maximum absolute atomic E-state index is 13.3. The summed E-state index contributed by atoms with van der Waals surface area (Å²) in [4.78, 5) is 18.8. The Morgan fingerprint density at radius 1 is 0.880 bits per heavy atom. The molecule has 1 fully saturated rings. The monoisotopic (exact) mass is 330 g/mol. The molecule has 1 N–H and O–H groups in total. The van der Waals surface area contributed by atoms with Crippen molar-refractivity contribution >= 4 is 16.8 Å². The van der Waals surface area contributed by atoms with Gasteiger partial charge in [0.25, 0.3) is 5.91 Å². The summed E-state index contributed by atoms with van der Waals surface area (Å²) in [6.45, 7) is 0. The van der Waals surface area contributed by atoms with E-state index in [1.165, 1.54) is 30.2 Å². The van der Waals surface area contributed by atoms with Crippen molar-refractivity contribution in [2.75, 3.05) is 0 Å². The number of H-pyrrole nitrogens is 1. The molecule has 126 valence electrons. The lowest BCUT2D eigenvalue weighted by Gasteiger charge is -2.36. The fraction of sp³-hybridized carbons (Fsp3) is 0.318. The minimum atomic E-state index is 0.0305. The van der Waals surface area contributed by atoms with Crippen molar-refractivity contribution in [3.05, 3.63) is 71.4 Å². The molecule has 5 rings (SSSR count). The van der Waals surface area contributed by atoms with E-state index in [9.17, 15) is 4.79 Å². The number of carbonyl (C=O) groups excluding carboxylic acids is 1. The van der Waals surface area contributed by atoms with Crippen LogP contribution in [0.5, 0.6) is 0 Å². The lowest BCUT2D eigenvalue weighted by Crippen LogP contribution is -2.39. The summed E-state index contributed by atoms with van der Waals surface area (Å²) in [5.74, 6) is 0.206.